The third kappa shape index (κ3) is 4.01. The second-order valence-corrected chi connectivity index (χ2v) is 8.84. The normalized spacial score (nSPS) is 12.6. The highest BCUT2D eigenvalue weighted by Crippen LogP contribution is 2.27. The molecule has 3 aromatic rings. The van der Waals surface area contributed by atoms with Crippen molar-refractivity contribution in [2.45, 2.75) is 31.7 Å². The first-order valence-electron chi connectivity index (χ1n) is 9.36. The third-order valence-corrected chi connectivity index (χ3v) is 6.24. The summed E-state index contributed by atoms with van der Waals surface area (Å²) in [4.78, 5) is 14.7. The second kappa shape index (κ2) is 8.04. The fourth-order valence-electron chi connectivity index (χ4n) is 3.52. The quantitative estimate of drug-likeness (QED) is 0.671. The van der Waals surface area contributed by atoms with Gasteiger partial charge in [0.2, 0.25) is 10.0 Å². The zero-order chi connectivity index (χ0) is 22.2. The first-order chi connectivity index (χ1) is 14.0. The molecule has 1 atom stereocenters. The Morgan fingerprint density at radius 2 is 1.77 bits per heavy atom. The van der Waals surface area contributed by atoms with Crippen molar-refractivity contribution in [2.75, 3.05) is 7.05 Å². The van der Waals surface area contributed by atoms with Crippen LogP contribution in [-0.4, -0.2) is 30.8 Å². The minimum atomic E-state index is -3.84. The predicted octanol–water partition coefficient (Wildman–Crippen LogP) is 3.71. The van der Waals surface area contributed by atoms with Crippen LogP contribution in [0.4, 0.5) is 4.39 Å². The van der Waals surface area contributed by atoms with Gasteiger partial charge < -0.3 is 9.47 Å². The number of aromatic nitrogens is 1. The van der Waals surface area contributed by atoms with Crippen LogP contribution in [0.15, 0.2) is 59.5 Å². The molecule has 2 aromatic carbocycles. The van der Waals surface area contributed by atoms with Crippen molar-refractivity contribution in [3.05, 3.63) is 82.9 Å². The number of amides is 1. The minimum Gasteiger partial charge on any atom is -0.335 e. The Kier molecular flexibility index (Phi) is 5.83. The number of carbonyl (C=O) groups is 1. The minimum absolute atomic E-state index is 0.00886. The van der Waals surface area contributed by atoms with Crippen LogP contribution in [0.1, 0.15) is 40.3 Å². The molecule has 1 unspecified atom stereocenters. The second-order valence-electron chi connectivity index (χ2n) is 7.28. The molecule has 0 aliphatic heterocycles. The van der Waals surface area contributed by atoms with Crippen LogP contribution in [0.2, 0.25) is 0 Å². The Balaban J connectivity index is 1.96. The number of sulfonamides is 1. The van der Waals surface area contributed by atoms with Crippen molar-refractivity contribution < 1.29 is 17.6 Å². The molecule has 3 rings (SSSR count). The number of halogens is 1. The average Bonchev–Trinajstić information content (AvgIpc) is 3.00. The number of carbonyl (C=O) groups excluding carboxylic acids is 1. The number of para-hydroxylation sites is 1. The van der Waals surface area contributed by atoms with Crippen LogP contribution in [0.3, 0.4) is 0 Å². The van der Waals surface area contributed by atoms with Gasteiger partial charge in [0.25, 0.3) is 5.91 Å². The summed E-state index contributed by atoms with van der Waals surface area (Å²) in [6, 6.07) is 13.9. The molecule has 2 N–H and O–H groups in total. The van der Waals surface area contributed by atoms with Crippen molar-refractivity contribution in [2.24, 2.45) is 5.14 Å². The summed E-state index contributed by atoms with van der Waals surface area (Å²) in [5.74, 6) is -0.626. The van der Waals surface area contributed by atoms with E-state index in [0.717, 1.165) is 5.69 Å². The van der Waals surface area contributed by atoms with Crippen LogP contribution in [0.5, 0.6) is 0 Å². The van der Waals surface area contributed by atoms with E-state index in [-0.39, 0.29) is 16.6 Å². The van der Waals surface area contributed by atoms with E-state index in [1.165, 1.54) is 23.1 Å². The van der Waals surface area contributed by atoms with E-state index in [0.29, 0.717) is 22.5 Å². The fourth-order valence-corrected chi connectivity index (χ4v) is 4.09. The van der Waals surface area contributed by atoms with Gasteiger partial charge in [-0.25, -0.2) is 17.9 Å². The lowest BCUT2D eigenvalue weighted by Gasteiger charge is -2.26. The number of nitrogens with two attached hydrogens (primary N) is 1. The maximum atomic E-state index is 14.3. The Labute approximate surface area is 175 Å². The molecular weight excluding hydrogens is 405 g/mol. The van der Waals surface area contributed by atoms with Crippen molar-refractivity contribution in [1.29, 1.82) is 0 Å². The molecule has 0 fully saturated rings. The molecule has 158 valence electrons. The van der Waals surface area contributed by atoms with E-state index >= 15 is 0 Å². The monoisotopic (exact) mass is 429 g/mol. The zero-order valence-electron chi connectivity index (χ0n) is 17.3. The van der Waals surface area contributed by atoms with Gasteiger partial charge >= 0.3 is 0 Å². The van der Waals surface area contributed by atoms with Crippen LogP contribution in [-0.2, 0) is 10.0 Å². The van der Waals surface area contributed by atoms with Crippen molar-refractivity contribution >= 4 is 15.9 Å². The van der Waals surface area contributed by atoms with Crippen LogP contribution in [0.25, 0.3) is 5.69 Å². The van der Waals surface area contributed by atoms with Crippen molar-refractivity contribution in [3.8, 4) is 5.69 Å². The SMILES string of the molecule is Cc1cc(C(=O)N(C)C(C)c2cccc(S(N)(=O)=O)c2)c(C)n1-c1ccccc1F. The van der Waals surface area contributed by atoms with Crippen LogP contribution in [0, 0.1) is 19.7 Å². The predicted molar refractivity (Wildman–Crippen MR) is 114 cm³/mol. The molecule has 0 radical (unpaired) electrons. The van der Waals surface area contributed by atoms with E-state index in [4.69, 9.17) is 5.14 Å². The number of hydrogen-bond donors (Lipinski definition) is 1. The van der Waals surface area contributed by atoms with Crippen molar-refractivity contribution in [3.63, 3.8) is 0 Å². The summed E-state index contributed by atoms with van der Waals surface area (Å²) in [7, 11) is -2.20. The standard InChI is InChI=1S/C22H24FN3O3S/c1-14-12-19(16(3)26(14)21-11-6-5-10-20(21)23)22(27)25(4)15(2)17-8-7-9-18(13-17)30(24,28)29/h5-13,15H,1-4H3,(H2,24,28,29). The molecule has 1 heterocycles. The van der Waals surface area contributed by atoms with Gasteiger partial charge in [0.05, 0.1) is 22.2 Å². The summed E-state index contributed by atoms with van der Waals surface area (Å²) in [5, 5.41) is 5.22. The molecule has 0 spiro atoms. The van der Waals surface area contributed by atoms with Gasteiger partial charge in [-0.2, -0.15) is 0 Å². The zero-order valence-corrected chi connectivity index (χ0v) is 18.1. The first kappa shape index (κ1) is 21.7. The van der Waals surface area contributed by atoms with Gasteiger partial charge in [0, 0.05) is 18.4 Å². The summed E-state index contributed by atoms with van der Waals surface area (Å²) in [6.07, 6.45) is 0. The van der Waals surface area contributed by atoms with Crippen LogP contribution < -0.4 is 5.14 Å². The maximum Gasteiger partial charge on any atom is 0.255 e. The van der Waals surface area contributed by atoms with E-state index < -0.39 is 16.1 Å². The summed E-state index contributed by atoms with van der Waals surface area (Å²) in [6.45, 7) is 5.39. The van der Waals surface area contributed by atoms with Gasteiger partial charge in [0.1, 0.15) is 5.82 Å². The van der Waals surface area contributed by atoms with Crippen LogP contribution >= 0.6 is 0 Å². The molecule has 0 saturated carbocycles. The number of nitrogens with zero attached hydrogens (tertiary/aromatic N) is 2. The highest BCUT2D eigenvalue weighted by atomic mass is 32.2. The number of rotatable bonds is 5. The summed E-state index contributed by atoms with van der Waals surface area (Å²) in [5.41, 5.74) is 2.83. The number of benzene rings is 2. The number of primary sulfonamides is 1. The van der Waals surface area contributed by atoms with Gasteiger partial charge in [-0.05, 0) is 56.7 Å². The smallest absolute Gasteiger partial charge is 0.255 e. The van der Waals surface area contributed by atoms with E-state index in [1.807, 2.05) is 6.92 Å². The van der Waals surface area contributed by atoms with E-state index in [9.17, 15) is 17.6 Å². The molecule has 0 aliphatic rings. The molecule has 0 bridgehead atoms. The van der Waals surface area contributed by atoms with Gasteiger partial charge in [0.15, 0.2) is 0 Å². The Morgan fingerprint density at radius 3 is 2.40 bits per heavy atom. The lowest BCUT2D eigenvalue weighted by atomic mass is 10.1. The maximum absolute atomic E-state index is 14.3. The number of aryl methyl sites for hydroxylation is 1. The highest BCUT2D eigenvalue weighted by Gasteiger charge is 2.25. The molecular formula is C22H24FN3O3S. The molecule has 30 heavy (non-hydrogen) atoms. The fraction of sp³-hybridized carbons (Fsp3) is 0.227. The first-order valence-corrected chi connectivity index (χ1v) is 10.9. The highest BCUT2D eigenvalue weighted by molar-refractivity contribution is 7.89. The molecule has 0 aliphatic carbocycles. The van der Waals surface area contributed by atoms with Gasteiger partial charge in [-0.15, -0.1) is 0 Å². The summed E-state index contributed by atoms with van der Waals surface area (Å²) >= 11 is 0. The van der Waals surface area contributed by atoms with E-state index in [1.54, 1.807) is 61.9 Å². The van der Waals surface area contributed by atoms with Crippen molar-refractivity contribution in [1.82, 2.24) is 9.47 Å². The molecule has 6 nitrogen and oxygen atoms in total. The molecule has 1 aromatic heterocycles. The van der Waals surface area contributed by atoms with Gasteiger partial charge in [-0.3, -0.25) is 4.79 Å². The lowest BCUT2D eigenvalue weighted by molar-refractivity contribution is 0.0742. The lowest BCUT2D eigenvalue weighted by Crippen LogP contribution is -2.30. The topological polar surface area (TPSA) is 85.4 Å². The average molecular weight is 430 g/mol. The Bertz CT molecular complexity index is 1220. The Hall–Kier alpha value is -2.97. The molecule has 1 amide bonds. The largest absolute Gasteiger partial charge is 0.335 e. The Morgan fingerprint density at radius 1 is 1.10 bits per heavy atom. The number of hydrogen-bond acceptors (Lipinski definition) is 3. The molecule has 8 heteroatoms. The molecule has 0 saturated heterocycles. The van der Waals surface area contributed by atoms with E-state index in [2.05, 4.69) is 0 Å². The third-order valence-electron chi connectivity index (χ3n) is 5.33. The van der Waals surface area contributed by atoms with Gasteiger partial charge in [-0.1, -0.05) is 24.3 Å². The summed E-state index contributed by atoms with van der Waals surface area (Å²) < 4.78 is 39.3.